The van der Waals surface area contributed by atoms with Gasteiger partial charge in [-0.1, -0.05) is 20.8 Å². The molecule has 0 heterocycles. The number of fused-ring (bicyclic) bond motifs is 1. The lowest BCUT2D eigenvalue weighted by Crippen LogP contribution is -2.47. The molecule has 2 aliphatic carbocycles. The minimum absolute atomic E-state index is 0.0520. The maximum Gasteiger partial charge on any atom is 0.162 e. The number of rotatable bonds is 2. The highest BCUT2D eigenvalue weighted by molar-refractivity contribution is 5.85. The van der Waals surface area contributed by atoms with E-state index < -0.39 is 6.10 Å². The van der Waals surface area contributed by atoms with Gasteiger partial charge in [0.25, 0.3) is 0 Å². The largest absolute Gasteiger partial charge is 0.385 e. The third-order valence-corrected chi connectivity index (χ3v) is 4.84. The zero-order chi connectivity index (χ0) is 12.8. The van der Waals surface area contributed by atoms with E-state index in [2.05, 4.69) is 13.8 Å². The first-order chi connectivity index (χ1) is 7.79. The molecule has 2 saturated carbocycles. The Morgan fingerprint density at radius 3 is 2.59 bits per heavy atom. The topological polar surface area (TPSA) is 54.4 Å². The van der Waals surface area contributed by atoms with Crippen molar-refractivity contribution in [3.05, 3.63) is 0 Å². The van der Waals surface area contributed by atoms with Crippen LogP contribution in [0.1, 0.15) is 46.5 Å². The van der Waals surface area contributed by atoms with Crippen LogP contribution >= 0.6 is 0 Å². The first kappa shape index (κ1) is 12.7. The summed E-state index contributed by atoms with van der Waals surface area (Å²) in [5, 5.41) is 10.0. The van der Waals surface area contributed by atoms with E-state index >= 15 is 0 Å². The van der Waals surface area contributed by atoms with Crippen molar-refractivity contribution >= 4 is 12.1 Å². The van der Waals surface area contributed by atoms with E-state index in [9.17, 15) is 14.7 Å². The van der Waals surface area contributed by atoms with Crippen LogP contribution in [0.5, 0.6) is 0 Å². The second kappa shape index (κ2) is 3.91. The third-order valence-electron chi connectivity index (χ3n) is 4.84. The Balaban J connectivity index is 2.32. The Labute approximate surface area is 103 Å². The highest BCUT2D eigenvalue weighted by atomic mass is 16.3. The fraction of sp³-hybridized carbons (Fsp3) is 0.857. The quantitative estimate of drug-likeness (QED) is 0.748. The van der Waals surface area contributed by atoms with Crippen molar-refractivity contribution in [1.29, 1.82) is 0 Å². The molecule has 2 fully saturated rings. The minimum atomic E-state index is -0.804. The average molecular weight is 238 g/mol. The molecule has 0 aromatic heterocycles. The van der Waals surface area contributed by atoms with Crippen molar-refractivity contribution in [3.63, 3.8) is 0 Å². The van der Waals surface area contributed by atoms with E-state index in [1.165, 1.54) is 0 Å². The second-order valence-corrected chi connectivity index (χ2v) is 6.96. The van der Waals surface area contributed by atoms with Crippen molar-refractivity contribution in [2.24, 2.45) is 22.7 Å². The van der Waals surface area contributed by atoms with Crippen LogP contribution in [0.4, 0.5) is 0 Å². The van der Waals surface area contributed by atoms with Crippen molar-refractivity contribution in [3.8, 4) is 0 Å². The zero-order valence-electron chi connectivity index (χ0n) is 10.9. The molecule has 96 valence electrons. The van der Waals surface area contributed by atoms with Gasteiger partial charge in [-0.2, -0.15) is 0 Å². The molecule has 3 heteroatoms. The van der Waals surface area contributed by atoms with Gasteiger partial charge < -0.3 is 9.90 Å². The smallest absolute Gasteiger partial charge is 0.162 e. The van der Waals surface area contributed by atoms with E-state index in [0.717, 1.165) is 19.1 Å². The maximum atomic E-state index is 11.9. The molecule has 3 nitrogen and oxygen atoms in total. The van der Waals surface area contributed by atoms with Gasteiger partial charge in [0.2, 0.25) is 0 Å². The Morgan fingerprint density at radius 1 is 1.35 bits per heavy atom. The van der Waals surface area contributed by atoms with E-state index in [4.69, 9.17) is 0 Å². The first-order valence-electron chi connectivity index (χ1n) is 6.43. The summed E-state index contributed by atoms with van der Waals surface area (Å²) in [4.78, 5) is 22.7. The Hall–Kier alpha value is -0.700. The molecule has 2 aliphatic rings. The average Bonchev–Trinajstić information content (AvgIpc) is 2.53. The van der Waals surface area contributed by atoms with Crippen molar-refractivity contribution in [1.82, 2.24) is 0 Å². The molecule has 4 atom stereocenters. The lowest BCUT2D eigenvalue weighted by molar-refractivity contribution is -0.142. The molecule has 0 saturated heterocycles. The maximum absolute atomic E-state index is 11.9. The number of hydrogen-bond acceptors (Lipinski definition) is 3. The summed E-state index contributed by atoms with van der Waals surface area (Å²) in [6, 6.07) is 0. The monoisotopic (exact) mass is 238 g/mol. The van der Waals surface area contributed by atoms with Gasteiger partial charge in [-0.3, -0.25) is 4.79 Å². The van der Waals surface area contributed by atoms with Gasteiger partial charge in [0.1, 0.15) is 12.4 Å². The first-order valence-corrected chi connectivity index (χ1v) is 6.43. The van der Waals surface area contributed by atoms with Gasteiger partial charge in [0.05, 0.1) is 0 Å². The van der Waals surface area contributed by atoms with Crippen LogP contribution in [0.2, 0.25) is 0 Å². The highest BCUT2D eigenvalue weighted by Crippen LogP contribution is 2.58. The minimum Gasteiger partial charge on any atom is -0.385 e. The Morgan fingerprint density at radius 2 is 2.00 bits per heavy atom. The molecule has 0 bridgehead atoms. The molecular weight excluding hydrogens is 216 g/mol. The van der Waals surface area contributed by atoms with Crippen LogP contribution in [0.25, 0.3) is 0 Å². The van der Waals surface area contributed by atoms with Gasteiger partial charge >= 0.3 is 0 Å². The summed E-state index contributed by atoms with van der Waals surface area (Å²) >= 11 is 0. The summed E-state index contributed by atoms with van der Waals surface area (Å²) < 4.78 is 0. The summed E-state index contributed by atoms with van der Waals surface area (Å²) in [6.07, 6.45) is 2.80. The molecule has 17 heavy (non-hydrogen) atoms. The van der Waals surface area contributed by atoms with E-state index in [-0.39, 0.29) is 22.5 Å². The van der Waals surface area contributed by atoms with Crippen LogP contribution in [-0.2, 0) is 9.59 Å². The van der Waals surface area contributed by atoms with Gasteiger partial charge in [0.15, 0.2) is 5.78 Å². The molecule has 0 spiro atoms. The van der Waals surface area contributed by atoms with E-state index in [1.54, 1.807) is 0 Å². The lowest BCUT2D eigenvalue weighted by Gasteiger charge is -2.43. The molecule has 0 aromatic rings. The van der Waals surface area contributed by atoms with Crippen molar-refractivity contribution in [2.75, 3.05) is 0 Å². The number of Topliss-reactive ketones (excluding diaryl/α,β-unsaturated/α-hetero) is 1. The van der Waals surface area contributed by atoms with Crippen molar-refractivity contribution < 1.29 is 14.7 Å². The van der Waals surface area contributed by atoms with Gasteiger partial charge in [-0.25, -0.2) is 0 Å². The summed E-state index contributed by atoms with van der Waals surface area (Å²) in [6.45, 7) is 6.40. The Kier molecular flexibility index (Phi) is 2.93. The number of carbonyl (C=O) groups excluding carboxylic acids is 2. The number of aliphatic hydroxyl groups excluding tert-OH is 1. The number of aliphatic hydroxyl groups is 1. The fourth-order valence-corrected chi connectivity index (χ4v) is 3.99. The van der Waals surface area contributed by atoms with Crippen LogP contribution in [0.3, 0.4) is 0 Å². The van der Waals surface area contributed by atoms with Gasteiger partial charge in [-0.15, -0.1) is 0 Å². The molecule has 0 unspecified atom stereocenters. The van der Waals surface area contributed by atoms with Crippen LogP contribution in [0, 0.1) is 22.7 Å². The number of aldehydes is 1. The molecule has 0 aromatic carbocycles. The van der Waals surface area contributed by atoms with Gasteiger partial charge in [-0.05, 0) is 35.5 Å². The van der Waals surface area contributed by atoms with Crippen LogP contribution in [0.15, 0.2) is 0 Å². The zero-order valence-corrected chi connectivity index (χ0v) is 10.9. The standard InChI is InChI=1S/C14H22O3/c1-13(2)6-9-10(7-13)14(3,4-5-15)8-11(16)12(9)17/h5,9-10,12,17H,4,6-8H2,1-3H3/t9-,10+,12+,14+/m1/s1. The number of hydrogen-bond donors (Lipinski definition) is 1. The lowest BCUT2D eigenvalue weighted by atomic mass is 9.61. The van der Waals surface area contributed by atoms with E-state index in [0.29, 0.717) is 18.8 Å². The predicted octanol–water partition coefficient (Wildman–Crippen LogP) is 1.97. The molecule has 0 radical (unpaired) electrons. The van der Waals surface area contributed by atoms with Crippen LogP contribution < -0.4 is 0 Å². The summed E-state index contributed by atoms with van der Waals surface area (Å²) in [7, 11) is 0. The Bertz CT molecular complexity index is 347. The summed E-state index contributed by atoms with van der Waals surface area (Å²) in [5.41, 5.74) is -0.0679. The number of ketones is 1. The van der Waals surface area contributed by atoms with Crippen molar-refractivity contribution in [2.45, 2.75) is 52.6 Å². The fourth-order valence-electron chi connectivity index (χ4n) is 3.99. The number of carbonyl (C=O) groups is 2. The molecule has 1 N–H and O–H groups in total. The predicted molar refractivity (Wildman–Crippen MR) is 64.4 cm³/mol. The van der Waals surface area contributed by atoms with Crippen LogP contribution in [-0.4, -0.2) is 23.3 Å². The normalized spacial score (nSPS) is 44.5. The SMILES string of the molecule is CC1(C)C[C@H]2[C@H](O)C(=O)C[C@](C)(CC=O)[C@H]2C1. The highest BCUT2D eigenvalue weighted by Gasteiger charge is 2.55. The molecule has 0 amide bonds. The second-order valence-electron chi connectivity index (χ2n) is 6.96. The molecule has 2 rings (SSSR count). The molecular formula is C14H22O3. The molecule has 0 aliphatic heterocycles. The third kappa shape index (κ3) is 2.05. The van der Waals surface area contributed by atoms with Gasteiger partial charge in [0, 0.05) is 12.8 Å². The van der Waals surface area contributed by atoms with E-state index in [1.807, 2.05) is 6.92 Å². The summed E-state index contributed by atoms with van der Waals surface area (Å²) in [5.74, 6) is 0.278.